The molecule has 0 aromatic heterocycles. The van der Waals surface area contributed by atoms with Gasteiger partial charge in [-0.25, -0.2) is 4.79 Å². The summed E-state index contributed by atoms with van der Waals surface area (Å²) in [6, 6.07) is 6.87. The molecule has 1 rings (SSSR count). The highest BCUT2D eigenvalue weighted by Gasteiger charge is 2.20. The van der Waals surface area contributed by atoms with Crippen LogP contribution < -0.4 is 0 Å². The van der Waals surface area contributed by atoms with Gasteiger partial charge in [0.2, 0.25) is 0 Å². The Morgan fingerprint density at radius 1 is 1.28 bits per heavy atom. The second-order valence-corrected chi connectivity index (χ2v) is 5.01. The number of methoxy groups -OCH3 is 2. The monoisotopic (exact) mass is 348 g/mol. The maximum absolute atomic E-state index is 12.0. The van der Waals surface area contributed by atoms with Crippen LogP contribution in [0, 0.1) is 0 Å². The molecule has 0 aliphatic heterocycles. The van der Waals surface area contributed by atoms with E-state index in [4.69, 9.17) is 14.3 Å². The summed E-state index contributed by atoms with van der Waals surface area (Å²) >= 11 is 0. The Hall–Kier alpha value is -2.67. The average molecular weight is 348 g/mol. The normalized spacial score (nSPS) is 14.1. The van der Waals surface area contributed by atoms with E-state index in [1.54, 1.807) is 31.2 Å². The average Bonchev–Trinajstić information content (AvgIpc) is 2.63. The van der Waals surface area contributed by atoms with Gasteiger partial charge in [-0.15, -0.1) is 0 Å². The van der Waals surface area contributed by atoms with Crippen LogP contribution in [-0.2, 0) is 19.1 Å². The first-order chi connectivity index (χ1) is 12.0. The van der Waals surface area contributed by atoms with Crippen molar-refractivity contribution in [3.8, 4) is 0 Å². The number of benzene rings is 1. The Labute approximate surface area is 147 Å². The van der Waals surface area contributed by atoms with Gasteiger partial charge in [0.25, 0.3) is 0 Å². The molecule has 0 saturated heterocycles. The van der Waals surface area contributed by atoms with Crippen LogP contribution in [0.25, 0.3) is 5.57 Å². The molecular weight excluding hydrogens is 324 g/mol. The van der Waals surface area contributed by atoms with Crippen molar-refractivity contribution >= 4 is 23.0 Å². The minimum atomic E-state index is -1.19. The number of esters is 1. The summed E-state index contributed by atoms with van der Waals surface area (Å²) in [5, 5.41) is 14.4. The molecule has 0 fully saturated rings. The van der Waals surface area contributed by atoms with E-state index in [1.807, 2.05) is 6.92 Å². The number of carbonyl (C=O) groups is 1. The topological polar surface area (TPSA) is 89.7 Å². The smallest absolute Gasteiger partial charge is 0.341 e. The summed E-state index contributed by atoms with van der Waals surface area (Å²) in [4.78, 5) is 21.1. The number of nitrogens with zero attached hydrogens (tertiary/aromatic N) is 2. The third-order valence-corrected chi connectivity index (χ3v) is 3.44. The molecule has 1 atom stereocenters. The maximum atomic E-state index is 12.0. The Balaban J connectivity index is 3.33. The molecule has 1 aromatic rings. The number of aliphatic hydroxyl groups is 1. The first kappa shape index (κ1) is 20.4. The quantitative estimate of drug-likeness (QED) is 0.256. The third-order valence-electron chi connectivity index (χ3n) is 3.44. The Kier molecular flexibility index (Phi) is 8.35. The number of oxime groups is 1. The molecule has 1 N–H and O–H groups in total. The number of aliphatic hydroxyl groups excluding tert-OH is 1. The lowest BCUT2D eigenvalue weighted by atomic mass is 9.99. The zero-order valence-corrected chi connectivity index (χ0v) is 15.1. The van der Waals surface area contributed by atoms with Crippen molar-refractivity contribution in [2.45, 2.75) is 26.5 Å². The Morgan fingerprint density at radius 3 is 2.52 bits per heavy atom. The van der Waals surface area contributed by atoms with Gasteiger partial charge >= 0.3 is 5.97 Å². The van der Waals surface area contributed by atoms with Crippen LogP contribution in [0.2, 0.25) is 0 Å². The van der Waals surface area contributed by atoms with Gasteiger partial charge in [0.05, 0.1) is 26.2 Å². The number of hydrogen-bond acceptors (Lipinski definition) is 7. The molecule has 0 saturated carbocycles. The second kappa shape index (κ2) is 10.2. The highest BCUT2D eigenvalue weighted by Crippen LogP contribution is 2.27. The van der Waals surface area contributed by atoms with Gasteiger partial charge in [0, 0.05) is 5.56 Å². The second-order valence-electron chi connectivity index (χ2n) is 5.01. The van der Waals surface area contributed by atoms with Gasteiger partial charge in [0.15, 0.2) is 6.23 Å². The van der Waals surface area contributed by atoms with E-state index in [0.717, 1.165) is 0 Å². The van der Waals surface area contributed by atoms with E-state index in [0.29, 0.717) is 29.0 Å². The predicted molar refractivity (Wildman–Crippen MR) is 96.2 cm³/mol. The first-order valence-electron chi connectivity index (χ1n) is 7.73. The van der Waals surface area contributed by atoms with Crippen molar-refractivity contribution < 1.29 is 24.2 Å². The lowest BCUT2D eigenvalue weighted by Crippen LogP contribution is -2.13. The molecule has 0 radical (unpaired) electrons. The zero-order chi connectivity index (χ0) is 18.8. The molecule has 0 aliphatic carbocycles. The first-order valence-corrected chi connectivity index (χ1v) is 7.73. The van der Waals surface area contributed by atoms with Crippen molar-refractivity contribution in [2.24, 2.45) is 10.1 Å². The van der Waals surface area contributed by atoms with Crippen molar-refractivity contribution in [1.82, 2.24) is 0 Å². The molecule has 1 unspecified atom stereocenters. The summed E-state index contributed by atoms with van der Waals surface area (Å²) in [7, 11) is 4.16. The summed E-state index contributed by atoms with van der Waals surface area (Å²) < 4.78 is 9.75. The lowest BCUT2D eigenvalue weighted by Gasteiger charge is -2.15. The van der Waals surface area contributed by atoms with Crippen molar-refractivity contribution in [3.63, 3.8) is 0 Å². The molecular formula is C18H24N2O5. The highest BCUT2D eigenvalue weighted by atomic mass is 16.6. The van der Waals surface area contributed by atoms with Gasteiger partial charge in [-0.3, -0.25) is 4.99 Å². The summed E-state index contributed by atoms with van der Waals surface area (Å²) in [5.41, 5.74) is 2.28. The van der Waals surface area contributed by atoms with E-state index in [9.17, 15) is 9.90 Å². The standard InChI is InChI=1S/C18H24N2O5/c1-6-16(20-25-5)12(2)19-17(21)14-10-8-7-9-13(14)15(11-23-3)18(22)24-4/h7-11,17,21H,6H2,1-5H3/b15-11+,19-12+,20-16+. The van der Waals surface area contributed by atoms with Crippen LogP contribution in [0.5, 0.6) is 0 Å². The largest absolute Gasteiger partial charge is 0.503 e. The molecule has 0 heterocycles. The van der Waals surface area contributed by atoms with Gasteiger partial charge < -0.3 is 19.4 Å². The van der Waals surface area contributed by atoms with Crippen LogP contribution in [0.4, 0.5) is 0 Å². The summed E-state index contributed by atoms with van der Waals surface area (Å²) in [6.45, 7) is 3.65. The van der Waals surface area contributed by atoms with Gasteiger partial charge in [0.1, 0.15) is 18.4 Å². The van der Waals surface area contributed by atoms with Crippen LogP contribution in [0.1, 0.15) is 37.6 Å². The van der Waals surface area contributed by atoms with Gasteiger partial charge in [-0.05, 0) is 18.9 Å². The number of ether oxygens (including phenoxy) is 2. The maximum Gasteiger partial charge on any atom is 0.341 e. The SMILES string of the molecule is CCC(=N\OC)/C(C)=N/C(O)c1ccccc1/C(=C\OC)C(=O)OC. The Morgan fingerprint density at radius 2 is 1.96 bits per heavy atom. The van der Waals surface area contributed by atoms with Crippen LogP contribution in [0.3, 0.4) is 0 Å². The molecule has 0 amide bonds. The summed E-state index contributed by atoms with van der Waals surface area (Å²) in [6.07, 6.45) is 0.696. The summed E-state index contributed by atoms with van der Waals surface area (Å²) in [5.74, 6) is -0.572. The van der Waals surface area contributed by atoms with E-state index in [1.165, 1.54) is 27.6 Å². The lowest BCUT2D eigenvalue weighted by molar-refractivity contribution is -0.133. The highest BCUT2D eigenvalue weighted by molar-refractivity contribution is 6.41. The number of rotatable bonds is 8. The third kappa shape index (κ3) is 5.42. The van der Waals surface area contributed by atoms with Crippen molar-refractivity contribution in [3.05, 3.63) is 41.7 Å². The van der Waals surface area contributed by atoms with Crippen molar-refractivity contribution in [1.29, 1.82) is 0 Å². The van der Waals surface area contributed by atoms with Crippen LogP contribution in [-0.4, -0.2) is 43.8 Å². The van der Waals surface area contributed by atoms with E-state index in [2.05, 4.69) is 10.1 Å². The Bertz CT molecular complexity index is 680. The fraction of sp³-hybridized carbons (Fsp3) is 0.389. The molecule has 7 nitrogen and oxygen atoms in total. The molecule has 25 heavy (non-hydrogen) atoms. The minimum Gasteiger partial charge on any atom is -0.503 e. The molecule has 0 spiro atoms. The minimum absolute atomic E-state index is 0.189. The fourth-order valence-electron chi connectivity index (χ4n) is 2.24. The van der Waals surface area contributed by atoms with Crippen molar-refractivity contribution in [2.75, 3.05) is 21.3 Å². The van der Waals surface area contributed by atoms with Gasteiger partial charge in [-0.2, -0.15) is 0 Å². The predicted octanol–water partition coefficient (Wildman–Crippen LogP) is 2.71. The van der Waals surface area contributed by atoms with Gasteiger partial charge in [-0.1, -0.05) is 36.3 Å². The molecule has 1 aromatic carbocycles. The molecule has 7 heteroatoms. The van der Waals surface area contributed by atoms with Crippen LogP contribution >= 0.6 is 0 Å². The van der Waals surface area contributed by atoms with E-state index < -0.39 is 12.2 Å². The fourth-order valence-corrected chi connectivity index (χ4v) is 2.24. The van der Waals surface area contributed by atoms with E-state index in [-0.39, 0.29) is 5.57 Å². The van der Waals surface area contributed by atoms with Crippen LogP contribution in [0.15, 0.2) is 40.7 Å². The molecule has 0 aliphatic rings. The number of hydrogen-bond donors (Lipinski definition) is 1. The number of carbonyl (C=O) groups excluding carboxylic acids is 1. The molecule has 136 valence electrons. The number of aliphatic imine (C=N–C) groups is 1. The van der Waals surface area contributed by atoms with E-state index >= 15 is 0 Å². The zero-order valence-electron chi connectivity index (χ0n) is 15.1. The molecule has 0 bridgehead atoms.